The highest BCUT2D eigenvalue weighted by molar-refractivity contribution is 7.90. The van der Waals surface area contributed by atoms with Crippen molar-refractivity contribution in [3.8, 4) is 0 Å². The molecular weight excluding hydrogens is 307 g/mol. The molecule has 2 aliphatic rings. The van der Waals surface area contributed by atoms with E-state index in [0.29, 0.717) is 25.2 Å². The number of halogens is 1. The second-order valence-corrected chi connectivity index (χ2v) is 7.95. The van der Waals surface area contributed by atoms with Gasteiger partial charge in [-0.15, -0.1) is 0 Å². The quantitative estimate of drug-likeness (QED) is 0.880. The fraction of sp³-hybridized carbons (Fsp3) is 0.714. The van der Waals surface area contributed by atoms with Gasteiger partial charge < -0.3 is 4.90 Å². The van der Waals surface area contributed by atoms with Crippen molar-refractivity contribution in [1.82, 2.24) is 14.7 Å². The van der Waals surface area contributed by atoms with Crippen LogP contribution >= 0.6 is 0 Å². The van der Waals surface area contributed by atoms with Gasteiger partial charge in [-0.1, -0.05) is 6.92 Å². The second-order valence-electron chi connectivity index (χ2n) is 5.96. The van der Waals surface area contributed by atoms with Gasteiger partial charge in [0.15, 0.2) is 11.6 Å². The summed E-state index contributed by atoms with van der Waals surface area (Å²) in [5.41, 5.74) is 0.394. The molecule has 1 saturated heterocycles. The highest BCUT2D eigenvalue weighted by Crippen LogP contribution is 2.29. The van der Waals surface area contributed by atoms with Crippen LogP contribution < -0.4 is 9.62 Å². The molecule has 1 aromatic heterocycles. The predicted octanol–water partition coefficient (Wildman–Crippen LogP) is 1.23. The Balaban J connectivity index is 1.73. The Morgan fingerprint density at radius 3 is 2.82 bits per heavy atom. The van der Waals surface area contributed by atoms with Crippen LogP contribution in [0.15, 0.2) is 6.33 Å². The van der Waals surface area contributed by atoms with Crippen molar-refractivity contribution in [3.63, 3.8) is 0 Å². The van der Waals surface area contributed by atoms with Crippen molar-refractivity contribution in [3.05, 3.63) is 17.8 Å². The summed E-state index contributed by atoms with van der Waals surface area (Å²) in [7, 11) is -3.22. The Morgan fingerprint density at radius 2 is 2.14 bits per heavy atom. The molecule has 1 saturated carbocycles. The molecule has 0 aromatic carbocycles. The highest BCUT2D eigenvalue weighted by atomic mass is 32.2. The van der Waals surface area contributed by atoms with Crippen LogP contribution in [0.1, 0.15) is 38.3 Å². The molecule has 1 aliphatic heterocycles. The van der Waals surface area contributed by atoms with E-state index in [1.807, 2.05) is 11.8 Å². The molecule has 1 N–H and O–H groups in total. The number of hydrogen-bond acceptors (Lipinski definition) is 5. The van der Waals surface area contributed by atoms with Gasteiger partial charge in [0.25, 0.3) is 0 Å². The first-order valence-corrected chi connectivity index (χ1v) is 9.31. The summed E-state index contributed by atoms with van der Waals surface area (Å²) in [5.74, 6) is -0.113. The molecule has 22 heavy (non-hydrogen) atoms. The zero-order valence-electron chi connectivity index (χ0n) is 12.6. The molecule has 0 radical (unpaired) electrons. The van der Waals surface area contributed by atoms with Crippen LogP contribution in [0.5, 0.6) is 0 Å². The lowest BCUT2D eigenvalue weighted by atomic mass is 10.1. The average molecular weight is 328 g/mol. The number of nitrogens with one attached hydrogen (secondary N) is 1. The van der Waals surface area contributed by atoms with E-state index in [9.17, 15) is 12.8 Å². The third kappa shape index (κ3) is 3.22. The number of aromatic nitrogens is 2. The minimum atomic E-state index is -3.22. The lowest BCUT2D eigenvalue weighted by molar-refractivity contribution is 0.456. The van der Waals surface area contributed by atoms with Gasteiger partial charge in [-0.3, -0.25) is 0 Å². The largest absolute Gasteiger partial charge is 0.352 e. The molecule has 122 valence electrons. The van der Waals surface area contributed by atoms with Crippen LogP contribution in [-0.2, 0) is 16.4 Å². The van der Waals surface area contributed by atoms with Crippen LogP contribution in [0.3, 0.4) is 0 Å². The van der Waals surface area contributed by atoms with E-state index in [-0.39, 0.29) is 17.1 Å². The molecule has 6 nitrogen and oxygen atoms in total. The van der Waals surface area contributed by atoms with Gasteiger partial charge in [-0.05, 0) is 32.1 Å². The predicted molar refractivity (Wildman–Crippen MR) is 81.7 cm³/mol. The maximum atomic E-state index is 14.4. The number of hydrogen-bond donors (Lipinski definition) is 1. The van der Waals surface area contributed by atoms with Crippen LogP contribution in [0, 0.1) is 5.82 Å². The van der Waals surface area contributed by atoms with Gasteiger partial charge in [0, 0.05) is 19.1 Å². The number of sulfonamides is 1. The summed E-state index contributed by atoms with van der Waals surface area (Å²) >= 11 is 0. The van der Waals surface area contributed by atoms with Crippen LogP contribution in [0.25, 0.3) is 0 Å². The monoisotopic (exact) mass is 328 g/mol. The van der Waals surface area contributed by atoms with Crippen LogP contribution in [-0.4, -0.2) is 42.8 Å². The average Bonchev–Trinajstić information content (AvgIpc) is 3.32. The summed E-state index contributed by atoms with van der Waals surface area (Å²) in [6.07, 6.45) is 4.94. The van der Waals surface area contributed by atoms with Crippen molar-refractivity contribution >= 4 is 15.8 Å². The lowest BCUT2D eigenvalue weighted by Crippen LogP contribution is -2.49. The van der Waals surface area contributed by atoms with Gasteiger partial charge in [0.1, 0.15) is 6.33 Å². The molecule has 8 heteroatoms. The minimum Gasteiger partial charge on any atom is -0.352 e. The Kier molecular flexibility index (Phi) is 4.31. The summed E-state index contributed by atoms with van der Waals surface area (Å²) in [5, 5.41) is -0.231. The molecule has 1 aliphatic carbocycles. The first-order chi connectivity index (χ1) is 10.5. The van der Waals surface area contributed by atoms with E-state index < -0.39 is 15.8 Å². The Labute approximate surface area is 130 Å². The fourth-order valence-corrected chi connectivity index (χ4v) is 4.44. The summed E-state index contributed by atoms with van der Waals surface area (Å²) < 4.78 is 41.2. The number of aryl methyl sites for hydroxylation is 1. The lowest BCUT2D eigenvalue weighted by Gasteiger charge is -2.34. The summed E-state index contributed by atoms with van der Waals surface area (Å²) in [6.45, 7) is 2.97. The van der Waals surface area contributed by atoms with Crippen molar-refractivity contribution in [2.75, 3.05) is 18.0 Å². The Bertz CT molecular complexity index is 648. The molecule has 2 heterocycles. The highest BCUT2D eigenvalue weighted by Gasteiger charge is 2.38. The van der Waals surface area contributed by atoms with E-state index in [1.54, 1.807) is 0 Å². The molecule has 1 unspecified atom stereocenters. The topological polar surface area (TPSA) is 75.2 Å². The van der Waals surface area contributed by atoms with Crippen LogP contribution in [0.2, 0.25) is 0 Å². The molecule has 2 fully saturated rings. The van der Waals surface area contributed by atoms with Gasteiger partial charge in [-0.2, -0.15) is 0 Å². The standard InChI is InChI=1S/C14H21FN4O2S/c1-2-12-13(15)14(17-9-16-12)19-7-3-4-10(8-19)18-22(20,21)11-5-6-11/h9-11,18H,2-8H2,1H3. The minimum absolute atomic E-state index is 0.182. The Hall–Kier alpha value is -1.28. The Morgan fingerprint density at radius 1 is 1.36 bits per heavy atom. The van der Waals surface area contributed by atoms with Gasteiger partial charge in [0.05, 0.1) is 10.9 Å². The first-order valence-electron chi connectivity index (χ1n) is 7.76. The number of rotatable bonds is 5. The zero-order chi connectivity index (χ0) is 15.7. The number of piperidine rings is 1. The molecule has 3 rings (SSSR count). The van der Waals surface area contributed by atoms with E-state index >= 15 is 0 Å². The molecule has 1 aromatic rings. The normalized spacial score (nSPS) is 22.8. The molecule has 0 spiro atoms. The first kappa shape index (κ1) is 15.6. The van der Waals surface area contributed by atoms with E-state index in [1.165, 1.54) is 6.33 Å². The van der Waals surface area contributed by atoms with Gasteiger partial charge >= 0.3 is 0 Å². The maximum absolute atomic E-state index is 14.4. The molecular formula is C14H21FN4O2S. The summed E-state index contributed by atoms with van der Waals surface area (Å²) in [4.78, 5) is 9.81. The second kappa shape index (κ2) is 6.08. The van der Waals surface area contributed by atoms with E-state index in [2.05, 4.69) is 14.7 Å². The maximum Gasteiger partial charge on any atom is 0.214 e. The smallest absolute Gasteiger partial charge is 0.214 e. The third-order valence-electron chi connectivity index (χ3n) is 4.19. The molecule has 1 atom stereocenters. The van der Waals surface area contributed by atoms with Crippen molar-refractivity contribution < 1.29 is 12.8 Å². The molecule has 0 bridgehead atoms. The SMILES string of the molecule is CCc1ncnc(N2CCCC(NS(=O)(=O)C3CC3)C2)c1F. The number of nitrogens with zero attached hydrogens (tertiary/aromatic N) is 3. The van der Waals surface area contributed by atoms with Crippen molar-refractivity contribution in [2.45, 2.75) is 50.3 Å². The van der Waals surface area contributed by atoms with Gasteiger partial charge in [-0.25, -0.2) is 27.5 Å². The van der Waals surface area contributed by atoms with E-state index in [0.717, 1.165) is 25.7 Å². The van der Waals surface area contributed by atoms with Crippen molar-refractivity contribution in [2.24, 2.45) is 0 Å². The van der Waals surface area contributed by atoms with E-state index in [4.69, 9.17) is 0 Å². The van der Waals surface area contributed by atoms with Crippen molar-refractivity contribution in [1.29, 1.82) is 0 Å². The molecule has 0 amide bonds. The third-order valence-corrected chi connectivity index (χ3v) is 6.20. The van der Waals surface area contributed by atoms with Gasteiger partial charge in [0.2, 0.25) is 10.0 Å². The van der Waals surface area contributed by atoms with Crippen LogP contribution in [0.4, 0.5) is 10.2 Å². The fourth-order valence-electron chi connectivity index (χ4n) is 2.84. The zero-order valence-corrected chi connectivity index (χ0v) is 13.4. The number of anilines is 1. The summed E-state index contributed by atoms with van der Waals surface area (Å²) in [6, 6.07) is -0.182.